The topological polar surface area (TPSA) is 43.8 Å². The van der Waals surface area contributed by atoms with Gasteiger partial charge in [0.25, 0.3) is 0 Å². The van der Waals surface area contributed by atoms with Crippen molar-refractivity contribution in [3.63, 3.8) is 0 Å². The maximum atomic E-state index is 10.3. The molecule has 0 aromatic heterocycles. The molecule has 0 radical (unpaired) electrons. The molecule has 0 bridgehead atoms. The largest absolute Gasteiger partial charge is 0.478 e. The molecule has 4 nitrogen and oxygen atoms in total. The summed E-state index contributed by atoms with van der Waals surface area (Å²) in [5, 5.41) is 8.47. The summed E-state index contributed by atoms with van der Waals surface area (Å²) >= 11 is 0. The Labute approximate surface area is 83.8 Å². The summed E-state index contributed by atoms with van der Waals surface area (Å²) in [5.74, 6) is -0.866. The van der Waals surface area contributed by atoms with Crippen molar-refractivity contribution in [2.24, 2.45) is 0 Å². The van der Waals surface area contributed by atoms with E-state index in [-0.39, 0.29) is 0 Å². The SMILES string of the molecule is O=C(O)/C=C/N1CCN(C2CC2)CC1. The van der Waals surface area contributed by atoms with E-state index in [2.05, 4.69) is 9.80 Å². The molecule has 0 aromatic carbocycles. The highest BCUT2D eigenvalue weighted by Gasteiger charge is 2.30. The molecule has 0 amide bonds. The molecule has 78 valence electrons. The van der Waals surface area contributed by atoms with Crippen LogP contribution in [0.15, 0.2) is 12.3 Å². The minimum atomic E-state index is -0.866. The van der Waals surface area contributed by atoms with Crippen molar-refractivity contribution in [3.05, 3.63) is 12.3 Å². The maximum Gasteiger partial charge on any atom is 0.329 e. The fourth-order valence-electron chi connectivity index (χ4n) is 1.86. The van der Waals surface area contributed by atoms with Gasteiger partial charge in [-0.3, -0.25) is 4.90 Å². The Hall–Kier alpha value is -1.03. The standard InChI is InChI=1S/C10H16N2O2/c13-10(14)3-4-11-5-7-12(8-6-11)9-1-2-9/h3-4,9H,1-2,5-8H2,(H,13,14)/b4-3+. The van der Waals surface area contributed by atoms with E-state index in [4.69, 9.17) is 5.11 Å². The van der Waals surface area contributed by atoms with Crippen LogP contribution < -0.4 is 0 Å². The number of nitrogens with zero attached hydrogens (tertiary/aromatic N) is 2. The van der Waals surface area contributed by atoms with Crippen molar-refractivity contribution in [1.82, 2.24) is 9.80 Å². The molecule has 2 rings (SSSR count). The highest BCUT2D eigenvalue weighted by molar-refractivity contribution is 5.79. The van der Waals surface area contributed by atoms with Gasteiger partial charge >= 0.3 is 5.97 Å². The monoisotopic (exact) mass is 196 g/mol. The fraction of sp³-hybridized carbons (Fsp3) is 0.700. The summed E-state index contributed by atoms with van der Waals surface area (Å²) in [7, 11) is 0. The van der Waals surface area contributed by atoms with Gasteiger partial charge in [-0.1, -0.05) is 0 Å². The van der Waals surface area contributed by atoms with Crippen LogP contribution in [0.3, 0.4) is 0 Å². The molecule has 1 heterocycles. The molecule has 1 aliphatic carbocycles. The van der Waals surface area contributed by atoms with Gasteiger partial charge in [0.1, 0.15) is 0 Å². The molecule has 1 saturated heterocycles. The number of aliphatic carboxylic acids is 1. The van der Waals surface area contributed by atoms with Gasteiger partial charge in [-0.25, -0.2) is 4.79 Å². The second kappa shape index (κ2) is 4.00. The van der Waals surface area contributed by atoms with Crippen molar-refractivity contribution in [1.29, 1.82) is 0 Å². The highest BCUT2D eigenvalue weighted by atomic mass is 16.4. The lowest BCUT2D eigenvalue weighted by Crippen LogP contribution is -2.44. The molecule has 0 unspecified atom stereocenters. The van der Waals surface area contributed by atoms with E-state index in [1.54, 1.807) is 6.20 Å². The molecule has 1 aliphatic heterocycles. The first-order valence-corrected chi connectivity index (χ1v) is 5.15. The van der Waals surface area contributed by atoms with E-state index >= 15 is 0 Å². The summed E-state index contributed by atoms with van der Waals surface area (Å²) in [5.41, 5.74) is 0. The minimum Gasteiger partial charge on any atom is -0.478 e. The maximum absolute atomic E-state index is 10.3. The van der Waals surface area contributed by atoms with Crippen molar-refractivity contribution < 1.29 is 9.90 Å². The van der Waals surface area contributed by atoms with Crippen LogP contribution in [-0.4, -0.2) is 53.1 Å². The molecule has 0 aromatic rings. The van der Waals surface area contributed by atoms with Crippen LogP contribution in [0.2, 0.25) is 0 Å². The third kappa shape index (κ3) is 2.48. The number of carboxylic acids is 1. The van der Waals surface area contributed by atoms with Gasteiger partial charge in [-0.15, -0.1) is 0 Å². The van der Waals surface area contributed by atoms with E-state index in [0.29, 0.717) is 0 Å². The average Bonchev–Trinajstić information content (AvgIpc) is 2.99. The van der Waals surface area contributed by atoms with Crippen molar-refractivity contribution >= 4 is 5.97 Å². The predicted molar refractivity (Wildman–Crippen MR) is 52.9 cm³/mol. The second-order valence-electron chi connectivity index (χ2n) is 3.96. The predicted octanol–water partition coefficient (Wildman–Crippen LogP) is 0.365. The molecule has 0 atom stereocenters. The van der Waals surface area contributed by atoms with Crippen LogP contribution >= 0.6 is 0 Å². The van der Waals surface area contributed by atoms with Gasteiger partial charge in [-0.2, -0.15) is 0 Å². The summed E-state index contributed by atoms with van der Waals surface area (Å²) in [6.45, 7) is 4.07. The molecule has 2 aliphatic rings. The lowest BCUT2D eigenvalue weighted by Gasteiger charge is -2.33. The Kier molecular flexibility index (Phi) is 2.72. The zero-order valence-corrected chi connectivity index (χ0v) is 8.22. The summed E-state index contributed by atoms with van der Waals surface area (Å²) in [4.78, 5) is 14.9. The molecular formula is C10H16N2O2. The van der Waals surface area contributed by atoms with E-state index in [9.17, 15) is 4.79 Å². The molecule has 1 saturated carbocycles. The van der Waals surface area contributed by atoms with E-state index in [1.165, 1.54) is 18.9 Å². The summed E-state index contributed by atoms with van der Waals surface area (Å²) in [6.07, 6.45) is 5.61. The van der Waals surface area contributed by atoms with Gasteiger partial charge in [0.2, 0.25) is 0 Å². The zero-order valence-electron chi connectivity index (χ0n) is 8.22. The third-order valence-electron chi connectivity index (χ3n) is 2.84. The van der Waals surface area contributed by atoms with Crippen molar-refractivity contribution in [2.45, 2.75) is 18.9 Å². The Morgan fingerprint density at radius 1 is 1.21 bits per heavy atom. The second-order valence-corrected chi connectivity index (χ2v) is 3.96. The van der Waals surface area contributed by atoms with Gasteiger partial charge in [0, 0.05) is 44.5 Å². The van der Waals surface area contributed by atoms with Gasteiger partial charge in [0.15, 0.2) is 0 Å². The van der Waals surface area contributed by atoms with E-state index < -0.39 is 5.97 Å². The quantitative estimate of drug-likeness (QED) is 0.662. The van der Waals surface area contributed by atoms with E-state index in [0.717, 1.165) is 32.2 Å². The number of carbonyl (C=O) groups is 1. The molecule has 4 heteroatoms. The number of piperazine rings is 1. The Bertz CT molecular complexity index is 241. The molecule has 14 heavy (non-hydrogen) atoms. The van der Waals surface area contributed by atoms with Gasteiger partial charge in [-0.05, 0) is 12.8 Å². The van der Waals surface area contributed by atoms with Crippen molar-refractivity contribution in [2.75, 3.05) is 26.2 Å². The fourth-order valence-corrected chi connectivity index (χ4v) is 1.86. The third-order valence-corrected chi connectivity index (χ3v) is 2.84. The lowest BCUT2D eigenvalue weighted by atomic mass is 10.3. The Morgan fingerprint density at radius 2 is 1.86 bits per heavy atom. The van der Waals surface area contributed by atoms with Gasteiger partial charge in [0.05, 0.1) is 0 Å². The summed E-state index contributed by atoms with van der Waals surface area (Å²) in [6, 6.07) is 0.834. The van der Waals surface area contributed by atoms with Crippen LogP contribution in [0.25, 0.3) is 0 Å². The van der Waals surface area contributed by atoms with Gasteiger partial charge < -0.3 is 10.0 Å². The summed E-state index contributed by atoms with van der Waals surface area (Å²) < 4.78 is 0. The normalized spacial score (nSPS) is 24.4. The molecule has 1 N–H and O–H groups in total. The molecule has 2 fully saturated rings. The van der Waals surface area contributed by atoms with E-state index in [1.807, 2.05) is 0 Å². The highest BCUT2D eigenvalue weighted by Crippen LogP contribution is 2.27. The first kappa shape index (κ1) is 9.52. The smallest absolute Gasteiger partial charge is 0.329 e. The molecule has 0 spiro atoms. The number of hydrogen-bond donors (Lipinski definition) is 1. The first-order chi connectivity index (χ1) is 6.75. The number of rotatable bonds is 3. The average molecular weight is 196 g/mol. The lowest BCUT2D eigenvalue weighted by molar-refractivity contribution is -0.131. The van der Waals surface area contributed by atoms with Crippen LogP contribution in [0.1, 0.15) is 12.8 Å². The first-order valence-electron chi connectivity index (χ1n) is 5.15. The van der Waals surface area contributed by atoms with Crippen molar-refractivity contribution in [3.8, 4) is 0 Å². The van der Waals surface area contributed by atoms with Crippen LogP contribution in [0.5, 0.6) is 0 Å². The van der Waals surface area contributed by atoms with Crippen LogP contribution in [0, 0.1) is 0 Å². The Morgan fingerprint density at radius 3 is 2.36 bits per heavy atom. The van der Waals surface area contributed by atoms with Crippen LogP contribution in [0.4, 0.5) is 0 Å². The minimum absolute atomic E-state index is 0.834. The number of hydrogen-bond acceptors (Lipinski definition) is 3. The molecular weight excluding hydrogens is 180 g/mol. The Balaban J connectivity index is 1.74. The number of carboxylic acid groups (broad SMARTS) is 1. The van der Waals surface area contributed by atoms with Crippen LogP contribution in [-0.2, 0) is 4.79 Å². The zero-order chi connectivity index (χ0) is 9.97.